The summed E-state index contributed by atoms with van der Waals surface area (Å²) < 4.78 is 11.4. The fraction of sp³-hybridized carbons (Fsp3) is 0.524. The first-order valence-corrected chi connectivity index (χ1v) is 12.0. The van der Waals surface area contributed by atoms with Gasteiger partial charge in [-0.15, -0.1) is 11.3 Å². The predicted octanol–water partition coefficient (Wildman–Crippen LogP) is 3.61. The van der Waals surface area contributed by atoms with E-state index in [-0.39, 0.29) is 11.2 Å². The highest BCUT2D eigenvalue weighted by atomic mass is 32.2. The molecular formula is C21H24N4O3S2. The van der Waals surface area contributed by atoms with Gasteiger partial charge in [0.05, 0.1) is 30.5 Å². The maximum Gasteiger partial charge on any atom is 0.318 e. The summed E-state index contributed by atoms with van der Waals surface area (Å²) in [6, 6.07) is 0. The Morgan fingerprint density at radius 2 is 2.00 bits per heavy atom. The lowest BCUT2D eigenvalue weighted by Gasteiger charge is -2.31. The maximum absolute atomic E-state index is 11.9. The van der Waals surface area contributed by atoms with Crippen LogP contribution >= 0.6 is 23.1 Å². The lowest BCUT2D eigenvalue weighted by Crippen LogP contribution is -2.37. The zero-order valence-corrected chi connectivity index (χ0v) is 18.8. The van der Waals surface area contributed by atoms with Gasteiger partial charge in [0.1, 0.15) is 27.3 Å². The standard InChI is InChI=1S/C21H24N4O3S2/c1-12(21(26)27-2)29-20-17-16(22-11-23-20)15-13-5-3-4-6-14(13)18(24-19(15)30-17)25-7-9-28-10-8-25/h11-12H,3-10H2,1-2H3. The van der Waals surface area contributed by atoms with Crippen LogP contribution in [0.15, 0.2) is 11.4 Å². The van der Waals surface area contributed by atoms with Gasteiger partial charge in [0.25, 0.3) is 0 Å². The number of anilines is 1. The molecule has 0 saturated carbocycles. The first kappa shape index (κ1) is 20.0. The fourth-order valence-corrected chi connectivity index (χ4v) is 6.47. The number of aromatic nitrogens is 3. The summed E-state index contributed by atoms with van der Waals surface area (Å²) in [4.78, 5) is 29.6. The summed E-state index contributed by atoms with van der Waals surface area (Å²) in [6.07, 6.45) is 6.12. The maximum atomic E-state index is 11.9. The molecule has 0 spiro atoms. The summed E-state index contributed by atoms with van der Waals surface area (Å²) in [6.45, 7) is 5.10. The number of thiophene rings is 1. The molecule has 1 aliphatic heterocycles. The van der Waals surface area contributed by atoms with Crippen molar-refractivity contribution in [3.63, 3.8) is 0 Å². The van der Waals surface area contributed by atoms with Crippen LogP contribution < -0.4 is 4.90 Å². The van der Waals surface area contributed by atoms with E-state index in [1.54, 1.807) is 17.7 Å². The van der Waals surface area contributed by atoms with Crippen molar-refractivity contribution in [2.75, 3.05) is 38.3 Å². The SMILES string of the molecule is COC(=O)C(C)Sc1ncnc2c1sc1nc(N3CCOCC3)c3c(c12)CCCC3. The topological polar surface area (TPSA) is 77.4 Å². The second-order valence-corrected chi connectivity index (χ2v) is 9.95. The van der Waals surface area contributed by atoms with E-state index < -0.39 is 0 Å². The number of nitrogens with zero attached hydrogens (tertiary/aromatic N) is 4. The van der Waals surface area contributed by atoms with Gasteiger partial charge in [-0.05, 0) is 43.7 Å². The Morgan fingerprint density at radius 3 is 2.77 bits per heavy atom. The van der Waals surface area contributed by atoms with Crippen molar-refractivity contribution in [3.8, 4) is 0 Å². The third kappa shape index (κ3) is 3.42. The van der Waals surface area contributed by atoms with E-state index in [4.69, 9.17) is 14.5 Å². The van der Waals surface area contributed by atoms with Crippen molar-refractivity contribution in [2.24, 2.45) is 0 Å². The molecule has 4 heterocycles. The van der Waals surface area contributed by atoms with Gasteiger partial charge in [-0.3, -0.25) is 4.79 Å². The van der Waals surface area contributed by atoms with Crippen LogP contribution in [0.25, 0.3) is 20.4 Å². The smallest absolute Gasteiger partial charge is 0.318 e. The number of morpholine rings is 1. The molecule has 3 aromatic rings. The van der Waals surface area contributed by atoms with Gasteiger partial charge >= 0.3 is 5.97 Å². The summed E-state index contributed by atoms with van der Waals surface area (Å²) in [5.74, 6) is 0.870. The zero-order valence-electron chi connectivity index (χ0n) is 17.1. The number of methoxy groups -OCH3 is 1. The minimum atomic E-state index is -0.330. The second kappa shape index (κ2) is 8.28. The summed E-state index contributed by atoms with van der Waals surface area (Å²) in [7, 11) is 1.41. The van der Waals surface area contributed by atoms with Crippen molar-refractivity contribution >= 4 is 55.3 Å². The molecule has 0 N–H and O–H groups in total. The molecule has 0 amide bonds. The molecule has 0 aromatic carbocycles. The molecule has 1 aliphatic carbocycles. The number of esters is 1. The van der Waals surface area contributed by atoms with Gasteiger partial charge in [0.15, 0.2) is 0 Å². The molecule has 3 aromatic heterocycles. The van der Waals surface area contributed by atoms with E-state index >= 15 is 0 Å². The normalized spacial score (nSPS) is 17.9. The van der Waals surface area contributed by atoms with Gasteiger partial charge in [0, 0.05) is 18.5 Å². The lowest BCUT2D eigenvalue weighted by molar-refractivity contribution is -0.139. The van der Waals surface area contributed by atoms with Crippen molar-refractivity contribution < 1.29 is 14.3 Å². The molecule has 7 nitrogen and oxygen atoms in total. The van der Waals surface area contributed by atoms with E-state index in [0.29, 0.717) is 0 Å². The van der Waals surface area contributed by atoms with E-state index in [2.05, 4.69) is 14.9 Å². The molecule has 1 saturated heterocycles. The summed E-state index contributed by atoms with van der Waals surface area (Å²) in [5, 5.41) is 1.67. The van der Waals surface area contributed by atoms with E-state index in [1.165, 1.54) is 48.2 Å². The van der Waals surface area contributed by atoms with Gasteiger partial charge in [-0.2, -0.15) is 0 Å². The van der Waals surface area contributed by atoms with Gasteiger partial charge in [-0.25, -0.2) is 15.0 Å². The van der Waals surface area contributed by atoms with Crippen LogP contribution in [0, 0.1) is 0 Å². The Morgan fingerprint density at radius 1 is 1.23 bits per heavy atom. The van der Waals surface area contributed by atoms with Crippen LogP contribution in [0.3, 0.4) is 0 Å². The number of aryl methyl sites for hydroxylation is 1. The molecule has 0 bridgehead atoms. The highest BCUT2D eigenvalue weighted by Crippen LogP contribution is 2.43. The van der Waals surface area contributed by atoms with Crippen molar-refractivity contribution in [3.05, 3.63) is 17.5 Å². The molecule has 158 valence electrons. The quantitative estimate of drug-likeness (QED) is 0.343. The average Bonchev–Trinajstić information content (AvgIpc) is 3.18. The molecule has 1 unspecified atom stereocenters. The van der Waals surface area contributed by atoms with Crippen LogP contribution in [0.2, 0.25) is 0 Å². The number of hydrogen-bond acceptors (Lipinski definition) is 9. The van der Waals surface area contributed by atoms with E-state index in [9.17, 15) is 4.79 Å². The molecule has 1 fully saturated rings. The fourth-order valence-electron chi connectivity index (χ4n) is 4.32. The molecule has 30 heavy (non-hydrogen) atoms. The van der Waals surface area contributed by atoms with Crippen LogP contribution in [-0.2, 0) is 27.1 Å². The predicted molar refractivity (Wildman–Crippen MR) is 120 cm³/mol. The number of hydrogen-bond donors (Lipinski definition) is 0. The Hall–Kier alpha value is -1.97. The third-order valence-corrected chi connectivity index (χ3v) is 8.09. The van der Waals surface area contributed by atoms with Gasteiger partial charge in [-0.1, -0.05) is 11.8 Å². The van der Waals surface area contributed by atoms with Crippen molar-refractivity contribution in [2.45, 2.75) is 42.9 Å². The van der Waals surface area contributed by atoms with E-state index in [1.807, 2.05) is 6.92 Å². The van der Waals surface area contributed by atoms with Gasteiger partial charge < -0.3 is 14.4 Å². The second-order valence-electron chi connectivity index (χ2n) is 7.62. The van der Waals surface area contributed by atoms with E-state index in [0.717, 1.165) is 65.0 Å². The van der Waals surface area contributed by atoms with Gasteiger partial charge in [0.2, 0.25) is 0 Å². The minimum Gasteiger partial charge on any atom is -0.468 e. The summed E-state index contributed by atoms with van der Waals surface area (Å²) >= 11 is 3.05. The number of carbonyl (C=O) groups excluding carboxylic acids is 1. The van der Waals surface area contributed by atoms with Crippen LogP contribution in [-0.4, -0.2) is 59.6 Å². The zero-order chi connectivity index (χ0) is 20.7. The number of rotatable bonds is 4. The number of fused-ring (bicyclic) bond motifs is 5. The number of thioether (sulfide) groups is 1. The molecule has 5 rings (SSSR count). The number of ether oxygens (including phenoxy) is 2. The first-order chi connectivity index (χ1) is 14.7. The van der Waals surface area contributed by atoms with Crippen LogP contribution in [0.4, 0.5) is 5.82 Å². The summed E-state index contributed by atoms with van der Waals surface area (Å²) in [5.41, 5.74) is 3.74. The Labute approximate surface area is 183 Å². The molecule has 2 aliphatic rings. The third-order valence-electron chi connectivity index (χ3n) is 5.80. The number of pyridine rings is 1. The van der Waals surface area contributed by atoms with Crippen molar-refractivity contribution in [1.29, 1.82) is 0 Å². The van der Waals surface area contributed by atoms with Crippen LogP contribution in [0.1, 0.15) is 30.9 Å². The first-order valence-electron chi connectivity index (χ1n) is 10.3. The molecule has 1 atom stereocenters. The lowest BCUT2D eigenvalue weighted by atomic mass is 9.90. The Kier molecular flexibility index (Phi) is 5.51. The monoisotopic (exact) mass is 444 g/mol. The minimum absolute atomic E-state index is 0.252. The highest BCUT2D eigenvalue weighted by Gasteiger charge is 2.27. The largest absolute Gasteiger partial charge is 0.468 e. The molecule has 0 radical (unpaired) electrons. The van der Waals surface area contributed by atoms with Crippen LogP contribution in [0.5, 0.6) is 0 Å². The molecule has 9 heteroatoms. The van der Waals surface area contributed by atoms with Crippen molar-refractivity contribution in [1.82, 2.24) is 15.0 Å². The number of carbonyl (C=O) groups is 1. The molecular weight excluding hydrogens is 420 g/mol. The highest BCUT2D eigenvalue weighted by molar-refractivity contribution is 8.00. The average molecular weight is 445 g/mol. The Bertz CT molecular complexity index is 1110. The Balaban J connectivity index is 1.67.